The second kappa shape index (κ2) is 31.4. The number of hydrogen-bond acceptors (Lipinski definition) is 6. The Morgan fingerprint density at radius 2 is 0.436 bits per heavy atom. The van der Waals surface area contributed by atoms with E-state index in [9.17, 15) is 0 Å². The van der Waals surface area contributed by atoms with E-state index in [1.807, 2.05) is 36.4 Å². The van der Waals surface area contributed by atoms with Gasteiger partial charge in [-0.25, -0.2) is 29.9 Å². The quantitative estimate of drug-likeness (QED) is 0.127. The molecule has 10 nitrogen and oxygen atoms in total. The Morgan fingerprint density at radius 1 is 0.121 bits per heavy atom. The van der Waals surface area contributed by atoms with Gasteiger partial charge in [-0.3, -0.25) is 0 Å². The van der Waals surface area contributed by atoms with Gasteiger partial charge in [0.25, 0.3) is 0 Å². The molecular formula is C130H78N10. The van der Waals surface area contributed by atoms with E-state index in [-0.39, 0.29) is 0 Å². The molecule has 6 heterocycles. The molecule has 648 valence electrons. The van der Waals surface area contributed by atoms with Crippen LogP contribution in [-0.2, 0) is 0 Å². The van der Waals surface area contributed by atoms with Crippen molar-refractivity contribution in [3.8, 4) is 91.1 Å². The second-order valence-electron chi connectivity index (χ2n) is 36.8. The fourth-order valence-corrected chi connectivity index (χ4v) is 22.5. The van der Waals surface area contributed by atoms with Gasteiger partial charge in [0.15, 0.2) is 34.9 Å². The van der Waals surface area contributed by atoms with Crippen LogP contribution in [0.25, 0.3) is 286 Å². The van der Waals surface area contributed by atoms with Gasteiger partial charge in [-0.15, -0.1) is 0 Å². The Labute approximate surface area is 801 Å². The maximum absolute atomic E-state index is 5.30. The predicted molar refractivity (Wildman–Crippen MR) is 585 cm³/mol. The molecule has 0 aliphatic heterocycles. The highest BCUT2D eigenvalue weighted by Gasteiger charge is 2.26. The first-order valence-electron chi connectivity index (χ1n) is 47.7. The molecule has 0 atom stereocenters. The molecule has 0 fully saturated rings. The monoisotopic (exact) mass is 1780 g/mol. The number of hydrogen-bond donors (Lipinski definition) is 0. The van der Waals surface area contributed by atoms with Crippen LogP contribution in [0, 0.1) is 0 Å². The van der Waals surface area contributed by atoms with E-state index in [1.54, 1.807) is 0 Å². The first-order valence-corrected chi connectivity index (χ1v) is 47.7. The van der Waals surface area contributed by atoms with Crippen molar-refractivity contribution in [2.75, 3.05) is 0 Å². The molecular weight excluding hydrogens is 1700 g/mol. The van der Waals surface area contributed by atoms with E-state index in [0.717, 1.165) is 105 Å². The van der Waals surface area contributed by atoms with Gasteiger partial charge in [0.1, 0.15) is 0 Å². The summed E-state index contributed by atoms with van der Waals surface area (Å²) >= 11 is 0. The third kappa shape index (κ3) is 12.5. The molecule has 0 aliphatic rings. The van der Waals surface area contributed by atoms with Crippen LogP contribution < -0.4 is 0 Å². The van der Waals surface area contributed by atoms with Crippen molar-refractivity contribution in [3.05, 3.63) is 473 Å². The molecule has 30 aromatic rings. The highest BCUT2D eigenvalue weighted by molar-refractivity contribution is 6.22. The highest BCUT2D eigenvalue weighted by atomic mass is 15.1. The highest BCUT2D eigenvalue weighted by Crippen LogP contribution is 2.47. The molecule has 0 radical (unpaired) electrons. The Bertz CT molecular complexity index is 10500. The van der Waals surface area contributed by atoms with Gasteiger partial charge < -0.3 is 18.3 Å². The molecule has 0 aliphatic carbocycles. The predicted octanol–water partition coefficient (Wildman–Crippen LogP) is 33.7. The smallest absolute Gasteiger partial charge is 0.164 e. The summed E-state index contributed by atoms with van der Waals surface area (Å²) < 4.78 is 9.78. The zero-order valence-electron chi connectivity index (χ0n) is 75.5. The minimum absolute atomic E-state index is 0.629. The first kappa shape index (κ1) is 78.6. The number of para-hydroxylation sites is 4. The number of nitrogens with zero attached hydrogens (tertiary/aromatic N) is 10. The lowest BCUT2D eigenvalue weighted by atomic mass is 9.99. The summed E-state index contributed by atoms with van der Waals surface area (Å²) in [5.41, 5.74) is 19.6. The minimum Gasteiger partial charge on any atom is -0.309 e. The van der Waals surface area contributed by atoms with E-state index in [0.29, 0.717) is 34.9 Å². The molecule has 0 N–H and O–H groups in total. The zero-order chi connectivity index (χ0) is 91.7. The second-order valence-corrected chi connectivity index (χ2v) is 36.8. The van der Waals surface area contributed by atoms with Crippen LogP contribution >= 0.6 is 0 Å². The summed E-state index contributed by atoms with van der Waals surface area (Å²) in [4.78, 5) is 31.3. The number of aromatic nitrogens is 10. The van der Waals surface area contributed by atoms with E-state index < -0.39 is 0 Å². The lowest BCUT2D eigenvalue weighted by Crippen LogP contribution is -2.02. The largest absolute Gasteiger partial charge is 0.309 e. The van der Waals surface area contributed by atoms with Gasteiger partial charge >= 0.3 is 0 Å². The third-order valence-electron chi connectivity index (χ3n) is 28.9. The van der Waals surface area contributed by atoms with E-state index >= 15 is 0 Å². The maximum atomic E-state index is 5.30. The summed E-state index contributed by atoms with van der Waals surface area (Å²) in [6, 6.07) is 171. The van der Waals surface area contributed by atoms with Crippen LogP contribution in [0.3, 0.4) is 0 Å². The molecule has 0 unspecified atom stereocenters. The Hall–Kier alpha value is -18.9. The molecule has 10 heteroatoms. The minimum atomic E-state index is 0.629. The van der Waals surface area contributed by atoms with Crippen LogP contribution in [0.2, 0.25) is 0 Å². The first-order chi connectivity index (χ1) is 69.4. The molecule has 140 heavy (non-hydrogen) atoms. The fourth-order valence-electron chi connectivity index (χ4n) is 22.5. The number of benzene rings is 24. The van der Waals surface area contributed by atoms with Crippen molar-refractivity contribution >= 4 is 195 Å². The molecule has 0 spiro atoms. The van der Waals surface area contributed by atoms with Crippen molar-refractivity contribution in [2.24, 2.45) is 0 Å². The average Bonchev–Trinajstić information content (AvgIpc) is 1.57. The van der Waals surface area contributed by atoms with Crippen molar-refractivity contribution in [1.82, 2.24) is 48.2 Å². The zero-order valence-corrected chi connectivity index (χ0v) is 75.5. The number of fused-ring (bicyclic) bond motifs is 24. The molecule has 6 aromatic heterocycles. The topological polar surface area (TPSA) is 97.1 Å². The molecule has 0 amide bonds. The van der Waals surface area contributed by atoms with Gasteiger partial charge in [-0.05, 0) is 213 Å². The average molecular weight is 1780 g/mol. The van der Waals surface area contributed by atoms with Gasteiger partial charge in [0, 0.05) is 98.3 Å². The van der Waals surface area contributed by atoms with E-state index in [1.165, 1.54) is 146 Å². The molecule has 0 saturated heterocycles. The summed E-state index contributed by atoms with van der Waals surface area (Å²) in [6.07, 6.45) is 0. The van der Waals surface area contributed by atoms with Gasteiger partial charge in [0.2, 0.25) is 0 Å². The molecule has 30 rings (SSSR count). The van der Waals surface area contributed by atoms with Gasteiger partial charge in [-0.2, -0.15) is 0 Å². The van der Waals surface area contributed by atoms with Crippen LogP contribution in [0.15, 0.2) is 473 Å². The molecule has 0 saturated carbocycles. The summed E-state index contributed by atoms with van der Waals surface area (Å²) in [7, 11) is 0. The Morgan fingerprint density at radius 3 is 0.986 bits per heavy atom. The fraction of sp³-hybridized carbons (Fsp3) is 0. The van der Waals surface area contributed by atoms with Crippen molar-refractivity contribution in [2.45, 2.75) is 0 Å². The van der Waals surface area contributed by atoms with Gasteiger partial charge in [0.05, 0.1) is 61.2 Å². The van der Waals surface area contributed by atoms with Crippen molar-refractivity contribution in [3.63, 3.8) is 0 Å². The Kier molecular flexibility index (Phi) is 17.6. The van der Waals surface area contributed by atoms with Crippen molar-refractivity contribution in [1.29, 1.82) is 0 Å². The maximum Gasteiger partial charge on any atom is 0.164 e. The van der Waals surface area contributed by atoms with Crippen LogP contribution in [0.4, 0.5) is 0 Å². The Balaban J connectivity index is 0.000000134. The molecule has 0 bridgehead atoms. The summed E-state index contributed by atoms with van der Waals surface area (Å²) in [5.74, 6) is 3.80. The standard InChI is InChI=1S/2C65H39N5/c1-2-16-41(17-3-1)63-66-64(46-33-34-48-45(35-46)32-31-40-15-6-7-21-47(40)48)68-65(67-63)53-26-13-25-50-49(53)24-14-30-59(50)69-58-28-11-9-23-52(58)56-39-54-44(38-62(56)69)20-12-29-60(54)70-57-27-10-8-22-51(57)55-36-42-18-4-5-19-43(42)37-61(55)70;1-2-15-42(16-3-1)63-66-64(46-29-28-41-27-26-40-14-6-7-19-49(40)55(41)36-46)68-65(67-63)54-32-33-60(51-21-9-8-20-50(51)54)70-59-25-13-11-23-53(59)57-37-47-34-48(31-30-45(47)39-62(57)70)69-58-24-12-10-22-52(58)56-35-43-17-4-5-18-44(43)38-61(56)69/h2*1-39H. The summed E-state index contributed by atoms with van der Waals surface area (Å²) in [5, 5.41) is 33.5. The van der Waals surface area contributed by atoms with Crippen LogP contribution in [0.1, 0.15) is 0 Å². The van der Waals surface area contributed by atoms with Crippen LogP contribution in [-0.4, -0.2) is 48.2 Å². The lowest BCUT2D eigenvalue weighted by Gasteiger charge is -2.15. The normalized spacial score (nSPS) is 12.0. The van der Waals surface area contributed by atoms with E-state index in [4.69, 9.17) is 29.9 Å². The van der Waals surface area contributed by atoms with E-state index in [2.05, 4.69) is 455 Å². The summed E-state index contributed by atoms with van der Waals surface area (Å²) in [6.45, 7) is 0. The van der Waals surface area contributed by atoms with Crippen LogP contribution in [0.5, 0.6) is 0 Å². The number of rotatable bonds is 10. The van der Waals surface area contributed by atoms with Crippen molar-refractivity contribution < 1.29 is 0 Å². The third-order valence-corrected chi connectivity index (χ3v) is 28.9. The molecule has 24 aromatic carbocycles. The van der Waals surface area contributed by atoms with Gasteiger partial charge in [-0.1, -0.05) is 352 Å². The lowest BCUT2D eigenvalue weighted by molar-refractivity contribution is 1.08. The SMILES string of the molecule is c1ccc(-c2nc(-c3ccc4c(ccc5ccccc54)c3)nc(-c3cccc4c(-n5c6ccccc6c6cc7c(-n8c9ccccc9c9cc%10ccccc%10cc98)cccc7cc65)cccc34)n2)cc1.c1ccc(-c2nc(-c3ccc4ccc5ccccc5c4c3)nc(-c3ccc(-n4c5ccccc5c5cc6cc(-n7c8ccccc8c8cc9ccccc9cc87)ccc6cc54)c4ccccc34)n2)cc1.